The molecule has 1 heterocycles. The molecular weight excluding hydrogens is 238 g/mol. The Balaban J connectivity index is 1.77. The zero-order valence-corrected chi connectivity index (χ0v) is 11.3. The smallest absolute Gasteiger partial charge is 0.224 e. The van der Waals surface area contributed by atoms with E-state index in [0.29, 0.717) is 6.54 Å². The van der Waals surface area contributed by atoms with Crippen molar-refractivity contribution in [3.8, 4) is 0 Å². The lowest BCUT2D eigenvalue weighted by Gasteiger charge is -2.20. The van der Waals surface area contributed by atoms with Gasteiger partial charge in [-0.05, 0) is 25.0 Å². The van der Waals surface area contributed by atoms with Crippen LogP contribution in [0.5, 0.6) is 0 Å². The van der Waals surface area contributed by atoms with Crippen molar-refractivity contribution in [3.05, 3.63) is 30.1 Å². The number of nitrogens with two attached hydrogens (primary N) is 1. The first-order chi connectivity index (χ1) is 9.27. The van der Waals surface area contributed by atoms with E-state index in [-0.39, 0.29) is 17.9 Å². The van der Waals surface area contributed by atoms with Crippen molar-refractivity contribution in [2.24, 2.45) is 11.7 Å². The number of hydrogen-bond donors (Lipinski definition) is 2. The Hall–Kier alpha value is -1.42. The largest absolute Gasteiger partial charge is 0.355 e. The van der Waals surface area contributed by atoms with Crippen LogP contribution >= 0.6 is 0 Å². The molecule has 3 N–H and O–H groups in total. The second-order valence-electron chi connectivity index (χ2n) is 5.27. The molecule has 1 saturated carbocycles. The van der Waals surface area contributed by atoms with Crippen LogP contribution in [0.3, 0.4) is 0 Å². The number of hydrogen-bond acceptors (Lipinski definition) is 3. The fourth-order valence-electron chi connectivity index (χ4n) is 2.65. The molecule has 104 valence electrons. The third kappa shape index (κ3) is 4.31. The molecule has 0 bridgehead atoms. The van der Waals surface area contributed by atoms with Crippen molar-refractivity contribution in [2.45, 2.75) is 44.6 Å². The van der Waals surface area contributed by atoms with Gasteiger partial charge in [-0.1, -0.05) is 25.3 Å². The Morgan fingerprint density at radius 1 is 1.32 bits per heavy atom. The lowest BCUT2D eigenvalue weighted by Crippen LogP contribution is -2.41. The number of nitrogens with one attached hydrogen (secondary N) is 1. The molecule has 1 aliphatic rings. The number of nitrogens with zero attached hydrogens (tertiary/aromatic N) is 1. The predicted octanol–water partition coefficient (Wildman–Crippen LogP) is 1.65. The molecule has 0 radical (unpaired) electrons. The van der Waals surface area contributed by atoms with Crippen LogP contribution in [-0.4, -0.2) is 23.5 Å². The van der Waals surface area contributed by atoms with E-state index >= 15 is 0 Å². The van der Waals surface area contributed by atoms with E-state index in [0.717, 1.165) is 37.8 Å². The van der Waals surface area contributed by atoms with Gasteiger partial charge in [-0.15, -0.1) is 0 Å². The fraction of sp³-hybridized carbons (Fsp3) is 0.600. The Labute approximate surface area is 114 Å². The molecule has 1 fully saturated rings. The molecule has 0 aromatic carbocycles. The first-order valence-electron chi connectivity index (χ1n) is 7.20. The van der Waals surface area contributed by atoms with Crippen LogP contribution in [0, 0.1) is 5.92 Å². The highest BCUT2D eigenvalue weighted by atomic mass is 16.1. The normalized spacial score (nSPS) is 23.6. The highest BCUT2D eigenvalue weighted by molar-refractivity contribution is 5.79. The summed E-state index contributed by atoms with van der Waals surface area (Å²) >= 11 is 0. The maximum Gasteiger partial charge on any atom is 0.224 e. The first-order valence-corrected chi connectivity index (χ1v) is 7.20. The average Bonchev–Trinajstić information content (AvgIpc) is 2.64. The van der Waals surface area contributed by atoms with Gasteiger partial charge in [0.1, 0.15) is 0 Å². The monoisotopic (exact) mass is 261 g/mol. The van der Waals surface area contributed by atoms with E-state index in [2.05, 4.69) is 10.3 Å². The number of amides is 1. The molecule has 0 saturated heterocycles. The molecule has 1 amide bonds. The summed E-state index contributed by atoms with van der Waals surface area (Å²) in [4.78, 5) is 16.4. The summed E-state index contributed by atoms with van der Waals surface area (Å²) < 4.78 is 0. The standard InChI is InChI=1S/C15H23N3O/c16-14-8-3-1-2-7-13(14)15(19)18-11-9-12-6-4-5-10-17-12/h4-6,10,13-14H,1-3,7-9,11,16H2,(H,18,19). The molecule has 4 heteroatoms. The van der Waals surface area contributed by atoms with Gasteiger partial charge in [0.2, 0.25) is 5.91 Å². The van der Waals surface area contributed by atoms with Crippen molar-refractivity contribution in [1.29, 1.82) is 0 Å². The molecule has 2 rings (SSSR count). The van der Waals surface area contributed by atoms with Crippen LogP contribution < -0.4 is 11.1 Å². The van der Waals surface area contributed by atoms with Crippen molar-refractivity contribution >= 4 is 5.91 Å². The van der Waals surface area contributed by atoms with Crippen molar-refractivity contribution < 1.29 is 4.79 Å². The quantitative estimate of drug-likeness (QED) is 0.810. The number of carbonyl (C=O) groups excluding carboxylic acids is 1. The molecule has 2 atom stereocenters. The lowest BCUT2D eigenvalue weighted by atomic mass is 9.94. The maximum absolute atomic E-state index is 12.1. The van der Waals surface area contributed by atoms with E-state index in [1.807, 2.05) is 18.2 Å². The van der Waals surface area contributed by atoms with E-state index in [1.165, 1.54) is 6.42 Å². The van der Waals surface area contributed by atoms with Gasteiger partial charge in [0, 0.05) is 30.9 Å². The molecule has 1 aromatic heterocycles. The molecule has 2 unspecified atom stereocenters. The number of carbonyl (C=O) groups is 1. The van der Waals surface area contributed by atoms with Crippen LogP contribution in [0.25, 0.3) is 0 Å². The van der Waals surface area contributed by atoms with Gasteiger partial charge in [-0.2, -0.15) is 0 Å². The SMILES string of the molecule is NC1CCCCCC1C(=O)NCCc1ccccn1. The maximum atomic E-state index is 12.1. The summed E-state index contributed by atoms with van der Waals surface area (Å²) in [7, 11) is 0. The van der Waals surface area contributed by atoms with Crippen molar-refractivity contribution in [2.75, 3.05) is 6.54 Å². The minimum absolute atomic E-state index is 0.00812. The minimum atomic E-state index is -0.00812. The van der Waals surface area contributed by atoms with Gasteiger partial charge < -0.3 is 11.1 Å². The number of pyridine rings is 1. The molecule has 1 aliphatic carbocycles. The van der Waals surface area contributed by atoms with Gasteiger partial charge in [-0.25, -0.2) is 0 Å². The molecule has 0 spiro atoms. The summed E-state index contributed by atoms with van der Waals surface area (Å²) in [6.45, 7) is 0.638. The highest BCUT2D eigenvalue weighted by Crippen LogP contribution is 2.22. The Kier molecular flexibility index (Phi) is 5.33. The van der Waals surface area contributed by atoms with Crippen molar-refractivity contribution in [1.82, 2.24) is 10.3 Å². The Morgan fingerprint density at radius 2 is 2.16 bits per heavy atom. The second kappa shape index (κ2) is 7.24. The number of rotatable bonds is 4. The van der Waals surface area contributed by atoms with Crippen LogP contribution in [0.2, 0.25) is 0 Å². The number of aromatic nitrogens is 1. The zero-order valence-electron chi connectivity index (χ0n) is 11.3. The van der Waals surface area contributed by atoms with Gasteiger partial charge in [0.05, 0.1) is 5.92 Å². The molecule has 0 aliphatic heterocycles. The lowest BCUT2D eigenvalue weighted by molar-refractivity contribution is -0.125. The molecular formula is C15H23N3O. The van der Waals surface area contributed by atoms with Crippen LogP contribution in [0.1, 0.15) is 37.8 Å². The van der Waals surface area contributed by atoms with Crippen LogP contribution in [0.4, 0.5) is 0 Å². The van der Waals surface area contributed by atoms with Crippen molar-refractivity contribution in [3.63, 3.8) is 0 Å². The molecule has 19 heavy (non-hydrogen) atoms. The zero-order chi connectivity index (χ0) is 13.5. The Bertz CT molecular complexity index is 394. The van der Waals surface area contributed by atoms with E-state index in [1.54, 1.807) is 6.20 Å². The topological polar surface area (TPSA) is 68.0 Å². The van der Waals surface area contributed by atoms with Gasteiger partial charge >= 0.3 is 0 Å². The van der Waals surface area contributed by atoms with E-state index in [9.17, 15) is 4.79 Å². The third-order valence-corrected chi connectivity index (χ3v) is 3.81. The first kappa shape index (κ1) is 14.0. The summed E-state index contributed by atoms with van der Waals surface area (Å²) in [6.07, 6.45) is 7.91. The summed E-state index contributed by atoms with van der Waals surface area (Å²) in [5, 5.41) is 3.00. The molecule has 4 nitrogen and oxygen atoms in total. The fourth-order valence-corrected chi connectivity index (χ4v) is 2.65. The minimum Gasteiger partial charge on any atom is -0.355 e. The van der Waals surface area contributed by atoms with Gasteiger partial charge in [0.25, 0.3) is 0 Å². The predicted molar refractivity (Wildman–Crippen MR) is 75.5 cm³/mol. The summed E-state index contributed by atoms with van der Waals surface area (Å²) in [5.74, 6) is 0.108. The van der Waals surface area contributed by atoms with Crippen LogP contribution in [-0.2, 0) is 11.2 Å². The van der Waals surface area contributed by atoms with E-state index < -0.39 is 0 Å². The van der Waals surface area contributed by atoms with Crippen LogP contribution in [0.15, 0.2) is 24.4 Å². The van der Waals surface area contributed by atoms with Gasteiger partial charge in [0.15, 0.2) is 0 Å². The second-order valence-corrected chi connectivity index (χ2v) is 5.27. The van der Waals surface area contributed by atoms with E-state index in [4.69, 9.17) is 5.73 Å². The summed E-state index contributed by atoms with van der Waals surface area (Å²) in [6, 6.07) is 5.86. The summed E-state index contributed by atoms with van der Waals surface area (Å²) in [5.41, 5.74) is 7.10. The Morgan fingerprint density at radius 3 is 2.95 bits per heavy atom. The average molecular weight is 261 g/mol. The van der Waals surface area contributed by atoms with Gasteiger partial charge in [-0.3, -0.25) is 9.78 Å². The molecule has 1 aromatic rings. The highest BCUT2D eigenvalue weighted by Gasteiger charge is 2.26. The third-order valence-electron chi connectivity index (χ3n) is 3.81.